The molecule has 0 aliphatic rings. The number of nitrogens with zero attached hydrogens (tertiary/aromatic N) is 1. The first-order chi connectivity index (χ1) is 9.02. The van der Waals surface area contributed by atoms with Gasteiger partial charge < -0.3 is 15.4 Å². The lowest BCUT2D eigenvalue weighted by atomic mass is 10.0. The first-order valence-corrected chi connectivity index (χ1v) is 6.53. The minimum absolute atomic E-state index is 0.00161. The van der Waals surface area contributed by atoms with Crippen molar-refractivity contribution in [2.75, 3.05) is 6.54 Å². The molecule has 4 heteroatoms. The van der Waals surface area contributed by atoms with Gasteiger partial charge in [0, 0.05) is 17.1 Å². The molecule has 0 aliphatic carbocycles. The van der Waals surface area contributed by atoms with Gasteiger partial charge in [-0.1, -0.05) is 0 Å². The van der Waals surface area contributed by atoms with Gasteiger partial charge in [0.25, 0.3) is 0 Å². The number of carboxylic acid groups (broad SMARTS) is 1. The zero-order chi connectivity index (χ0) is 14.0. The molecule has 0 saturated carbocycles. The third-order valence-electron chi connectivity index (χ3n) is 3.53. The summed E-state index contributed by atoms with van der Waals surface area (Å²) in [7, 11) is 0. The average Bonchev–Trinajstić information content (AvgIpc) is 2.65. The molecule has 0 amide bonds. The van der Waals surface area contributed by atoms with Gasteiger partial charge in [-0.05, 0) is 62.1 Å². The number of nitrogens with two attached hydrogens (primary N) is 1. The van der Waals surface area contributed by atoms with Crippen molar-refractivity contribution < 1.29 is 9.90 Å². The largest absolute Gasteiger partial charge is 0.480 e. The normalized spacial score (nSPS) is 11.1. The summed E-state index contributed by atoms with van der Waals surface area (Å²) < 4.78 is 1.82. The minimum Gasteiger partial charge on any atom is -0.480 e. The van der Waals surface area contributed by atoms with Gasteiger partial charge in [-0.2, -0.15) is 0 Å². The number of aromatic nitrogens is 1. The first-order valence-electron chi connectivity index (χ1n) is 6.53. The number of hydrogen-bond donors (Lipinski definition) is 2. The molecule has 2 rings (SSSR count). The van der Waals surface area contributed by atoms with E-state index < -0.39 is 5.97 Å². The second-order valence-electron chi connectivity index (χ2n) is 5.02. The molecule has 4 nitrogen and oxygen atoms in total. The summed E-state index contributed by atoms with van der Waals surface area (Å²) in [5.41, 5.74) is 10.2. The predicted octanol–water partition coefficient (Wildman–Crippen LogP) is 2.23. The number of aliphatic carboxylic acids is 1. The Labute approximate surface area is 112 Å². The zero-order valence-electron chi connectivity index (χ0n) is 11.4. The summed E-state index contributed by atoms with van der Waals surface area (Å²) in [6.07, 6.45) is 3.76. The molecule has 0 unspecified atom stereocenters. The van der Waals surface area contributed by atoms with Crippen molar-refractivity contribution in [1.82, 2.24) is 4.57 Å². The molecule has 0 saturated heterocycles. The summed E-state index contributed by atoms with van der Waals surface area (Å²) in [5, 5.41) is 10.1. The van der Waals surface area contributed by atoms with Gasteiger partial charge in [-0.25, -0.2) is 0 Å². The van der Waals surface area contributed by atoms with E-state index in [1.54, 1.807) is 0 Å². The number of carbonyl (C=O) groups is 1. The molecule has 1 aromatic heterocycles. The molecule has 0 aliphatic heterocycles. The maximum atomic E-state index is 10.9. The maximum Gasteiger partial charge on any atom is 0.323 e. The Morgan fingerprint density at radius 1 is 1.32 bits per heavy atom. The molecule has 3 N–H and O–H groups in total. The molecule has 19 heavy (non-hydrogen) atoms. The van der Waals surface area contributed by atoms with Crippen molar-refractivity contribution in [3.8, 4) is 0 Å². The van der Waals surface area contributed by atoms with Crippen LogP contribution in [0, 0.1) is 13.8 Å². The van der Waals surface area contributed by atoms with E-state index in [9.17, 15) is 4.79 Å². The maximum absolute atomic E-state index is 10.9. The number of rotatable bonds is 5. The fourth-order valence-corrected chi connectivity index (χ4v) is 2.39. The molecule has 0 spiro atoms. The smallest absolute Gasteiger partial charge is 0.323 e. The molecule has 0 atom stereocenters. The van der Waals surface area contributed by atoms with Gasteiger partial charge in [0.15, 0.2) is 0 Å². The van der Waals surface area contributed by atoms with E-state index in [0.717, 1.165) is 23.7 Å². The van der Waals surface area contributed by atoms with Gasteiger partial charge in [-0.3, -0.25) is 4.79 Å². The molecular weight excluding hydrogens is 240 g/mol. The van der Waals surface area contributed by atoms with Crippen molar-refractivity contribution in [3.05, 3.63) is 35.0 Å². The van der Waals surface area contributed by atoms with E-state index in [4.69, 9.17) is 10.8 Å². The Balaban J connectivity index is 2.55. The van der Waals surface area contributed by atoms with Gasteiger partial charge in [0.2, 0.25) is 0 Å². The van der Waals surface area contributed by atoms with Crippen LogP contribution in [0.1, 0.15) is 23.1 Å². The Kier molecular flexibility index (Phi) is 3.90. The lowest BCUT2D eigenvalue weighted by Crippen LogP contribution is -2.07. The number of carboxylic acids is 1. The molecule has 1 heterocycles. The minimum atomic E-state index is -0.819. The SMILES string of the molecule is Cc1cc2c(CCCN)cn(CC(=O)O)c2cc1C. The van der Waals surface area contributed by atoms with Crippen LogP contribution in [-0.4, -0.2) is 22.2 Å². The van der Waals surface area contributed by atoms with Crippen molar-refractivity contribution in [2.24, 2.45) is 5.73 Å². The van der Waals surface area contributed by atoms with Crippen molar-refractivity contribution in [2.45, 2.75) is 33.2 Å². The highest BCUT2D eigenvalue weighted by Gasteiger charge is 2.11. The summed E-state index contributed by atoms with van der Waals surface area (Å²) in [6, 6.07) is 4.22. The highest BCUT2D eigenvalue weighted by atomic mass is 16.4. The standard InChI is InChI=1S/C15H20N2O2/c1-10-6-13-12(4-3-5-16)8-17(9-15(18)19)14(13)7-11(10)2/h6-8H,3-5,9,16H2,1-2H3,(H,18,19). The lowest BCUT2D eigenvalue weighted by molar-refractivity contribution is -0.137. The van der Waals surface area contributed by atoms with Crippen LogP contribution >= 0.6 is 0 Å². The van der Waals surface area contributed by atoms with Crippen molar-refractivity contribution >= 4 is 16.9 Å². The molecule has 0 fully saturated rings. The van der Waals surface area contributed by atoms with Crippen LogP contribution in [0.15, 0.2) is 18.3 Å². The van der Waals surface area contributed by atoms with Crippen LogP contribution in [-0.2, 0) is 17.8 Å². The fourth-order valence-electron chi connectivity index (χ4n) is 2.39. The van der Waals surface area contributed by atoms with E-state index in [1.165, 1.54) is 16.7 Å². The number of hydrogen-bond acceptors (Lipinski definition) is 2. The Morgan fingerprint density at radius 2 is 2.00 bits per heavy atom. The second-order valence-corrected chi connectivity index (χ2v) is 5.02. The first kappa shape index (κ1) is 13.6. The topological polar surface area (TPSA) is 68.2 Å². The van der Waals surface area contributed by atoms with Crippen LogP contribution in [0.25, 0.3) is 10.9 Å². The van der Waals surface area contributed by atoms with E-state index in [0.29, 0.717) is 6.54 Å². The zero-order valence-corrected chi connectivity index (χ0v) is 11.4. The number of fused-ring (bicyclic) bond motifs is 1. The Bertz CT molecular complexity index is 614. The van der Waals surface area contributed by atoms with Crippen molar-refractivity contribution in [1.29, 1.82) is 0 Å². The summed E-state index contributed by atoms with van der Waals surface area (Å²) >= 11 is 0. The Hall–Kier alpha value is -1.81. The molecule has 0 radical (unpaired) electrons. The molecule has 2 aromatic rings. The van der Waals surface area contributed by atoms with E-state index in [2.05, 4.69) is 19.1 Å². The van der Waals surface area contributed by atoms with Crippen LogP contribution in [0.3, 0.4) is 0 Å². The number of benzene rings is 1. The van der Waals surface area contributed by atoms with Gasteiger partial charge in [0.1, 0.15) is 6.54 Å². The van der Waals surface area contributed by atoms with Crippen LogP contribution in [0.5, 0.6) is 0 Å². The Morgan fingerprint density at radius 3 is 2.63 bits per heavy atom. The van der Waals surface area contributed by atoms with Crippen LogP contribution in [0.4, 0.5) is 0 Å². The molecule has 102 valence electrons. The van der Waals surface area contributed by atoms with Crippen LogP contribution < -0.4 is 5.73 Å². The monoisotopic (exact) mass is 260 g/mol. The predicted molar refractivity (Wildman–Crippen MR) is 76.4 cm³/mol. The number of aryl methyl sites for hydroxylation is 3. The lowest BCUT2D eigenvalue weighted by Gasteiger charge is -2.04. The highest BCUT2D eigenvalue weighted by Crippen LogP contribution is 2.26. The molecule has 1 aromatic carbocycles. The average molecular weight is 260 g/mol. The summed E-state index contributed by atoms with van der Waals surface area (Å²) in [6.45, 7) is 4.78. The highest BCUT2D eigenvalue weighted by molar-refractivity contribution is 5.86. The summed E-state index contributed by atoms with van der Waals surface area (Å²) in [5.74, 6) is -0.819. The second kappa shape index (κ2) is 5.45. The summed E-state index contributed by atoms with van der Waals surface area (Å²) in [4.78, 5) is 10.9. The van der Waals surface area contributed by atoms with Crippen molar-refractivity contribution in [3.63, 3.8) is 0 Å². The van der Waals surface area contributed by atoms with E-state index in [1.807, 2.05) is 17.7 Å². The van der Waals surface area contributed by atoms with E-state index in [-0.39, 0.29) is 6.54 Å². The van der Waals surface area contributed by atoms with E-state index >= 15 is 0 Å². The quantitative estimate of drug-likeness (QED) is 0.866. The molecular formula is C15H20N2O2. The molecule has 0 bridgehead atoms. The third-order valence-corrected chi connectivity index (χ3v) is 3.53. The van der Waals surface area contributed by atoms with Gasteiger partial charge in [-0.15, -0.1) is 0 Å². The van der Waals surface area contributed by atoms with Crippen LogP contribution in [0.2, 0.25) is 0 Å². The fraction of sp³-hybridized carbons (Fsp3) is 0.400. The van der Waals surface area contributed by atoms with Gasteiger partial charge >= 0.3 is 5.97 Å². The van der Waals surface area contributed by atoms with Gasteiger partial charge in [0.05, 0.1) is 0 Å². The third kappa shape index (κ3) is 2.79.